The molecule has 0 aromatic carbocycles. The molecule has 2 nitrogen and oxygen atoms in total. The summed E-state index contributed by atoms with van der Waals surface area (Å²) in [5.74, 6) is 3.91. The van der Waals surface area contributed by atoms with Crippen LogP contribution in [0, 0.1) is 0 Å². The highest BCUT2D eigenvalue weighted by Gasteiger charge is 2.38. The Kier molecular flexibility index (Phi) is 8.15. The molecule has 2 fully saturated rings. The SMILES string of the molecule is CSCCCCCCNC1CCOC2(CCSCC2)C1. The smallest absolute Gasteiger partial charge is 0.0713 e. The first kappa shape index (κ1) is 17.0. The maximum atomic E-state index is 6.15. The third kappa shape index (κ3) is 5.78. The molecule has 118 valence electrons. The molecule has 0 radical (unpaired) electrons. The van der Waals surface area contributed by atoms with Crippen LogP contribution in [0.25, 0.3) is 0 Å². The second-order valence-electron chi connectivity index (χ2n) is 6.19. The second-order valence-corrected chi connectivity index (χ2v) is 8.41. The molecule has 1 spiro atoms. The summed E-state index contributed by atoms with van der Waals surface area (Å²) in [5.41, 5.74) is 0.236. The van der Waals surface area contributed by atoms with E-state index in [1.165, 1.54) is 75.2 Å². The van der Waals surface area contributed by atoms with E-state index in [-0.39, 0.29) is 5.60 Å². The van der Waals surface area contributed by atoms with Crippen LogP contribution in [0.2, 0.25) is 0 Å². The van der Waals surface area contributed by atoms with Crippen molar-refractivity contribution in [2.75, 3.05) is 36.7 Å². The summed E-state index contributed by atoms with van der Waals surface area (Å²) in [4.78, 5) is 0. The molecule has 2 saturated heterocycles. The Labute approximate surface area is 133 Å². The van der Waals surface area contributed by atoms with Gasteiger partial charge in [-0.3, -0.25) is 0 Å². The third-order valence-electron chi connectivity index (χ3n) is 4.61. The molecule has 4 heteroatoms. The van der Waals surface area contributed by atoms with Gasteiger partial charge in [-0.1, -0.05) is 12.8 Å². The van der Waals surface area contributed by atoms with Crippen LogP contribution in [0.4, 0.5) is 0 Å². The summed E-state index contributed by atoms with van der Waals surface area (Å²) < 4.78 is 6.15. The Bertz CT molecular complexity index is 251. The predicted octanol–water partition coefficient (Wildman–Crippen LogP) is 3.94. The molecule has 20 heavy (non-hydrogen) atoms. The molecular weight excluding hydrogens is 286 g/mol. The Balaban J connectivity index is 1.56. The van der Waals surface area contributed by atoms with Gasteiger partial charge in [-0.15, -0.1) is 0 Å². The Morgan fingerprint density at radius 1 is 1.20 bits per heavy atom. The minimum Gasteiger partial charge on any atom is -0.375 e. The normalized spacial score (nSPS) is 25.9. The van der Waals surface area contributed by atoms with Gasteiger partial charge in [-0.05, 0) is 68.6 Å². The number of hydrogen-bond donors (Lipinski definition) is 1. The molecule has 1 N–H and O–H groups in total. The van der Waals surface area contributed by atoms with Crippen molar-refractivity contribution in [3.8, 4) is 0 Å². The van der Waals surface area contributed by atoms with Crippen molar-refractivity contribution in [2.24, 2.45) is 0 Å². The van der Waals surface area contributed by atoms with Crippen LogP contribution in [-0.4, -0.2) is 48.3 Å². The molecular formula is C16H31NOS2. The van der Waals surface area contributed by atoms with Crippen molar-refractivity contribution < 1.29 is 4.74 Å². The molecule has 2 aliphatic heterocycles. The van der Waals surface area contributed by atoms with Gasteiger partial charge in [-0.25, -0.2) is 0 Å². The molecule has 0 aromatic heterocycles. The summed E-state index contributed by atoms with van der Waals surface area (Å²) in [7, 11) is 0. The Morgan fingerprint density at radius 3 is 2.80 bits per heavy atom. The monoisotopic (exact) mass is 317 g/mol. The standard InChI is InChI=1S/C16H31NOS2/c1-19-11-5-3-2-4-9-17-15-6-10-18-16(14-15)7-12-20-13-8-16/h15,17H,2-14H2,1H3. The van der Waals surface area contributed by atoms with Crippen LogP contribution >= 0.6 is 23.5 Å². The second kappa shape index (κ2) is 9.60. The highest BCUT2D eigenvalue weighted by atomic mass is 32.2. The summed E-state index contributed by atoms with van der Waals surface area (Å²) in [6.07, 6.45) is 12.7. The van der Waals surface area contributed by atoms with Gasteiger partial charge >= 0.3 is 0 Å². The largest absolute Gasteiger partial charge is 0.375 e. The minimum atomic E-state index is 0.236. The molecule has 0 aromatic rings. The lowest BCUT2D eigenvalue weighted by Crippen LogP contribution is -2.49. The Morgan fingerprint density at radius 2 is 2.00 bits per heavy atom. The average Bonchev–Trinajstić information content (AvgIpc) is 2.47. The molecule has 0 saturated carbocycles. The zero-order valence-electron chi connectivity index (χ0n) is 13.0. The Hall–Kier alpha value is 0.620. The predicted molar refractivity (Wildman–Crippen MR) is 93.1 cm³/mol. The van der Waals surface area contributed by atoms with E-state index in [2.05, 4.69) is 23.3 Å². The lowest BCUT2D eigenvalue weighted by Gasteiger charge is -2.43. The molecule has 1 atom stereocenters. The van der Waals surface area contributed by atoms with E-state index >= 15 is 0 Å². The molecule has 1 unspecified atom stereocenters. The van der Waals surface area contributed by atoms with Crippen molar-refractivity contribution in [3.05, 3.63) is 0 Å². The first-order chi connectivity index (χ1) is 9.85. The molecule has 0 amide bonds. The summed E-state index contributed by atoms with van der Waals surface area (Å²) in [5, 5.41) is 3.79. The van der Waals surface area contributed by atoms with Crippen LogP contribution in [0.15, 0.2) is 0 Å². The van der Waals surface area contributed by atoms with E-state index in [9.17, 15) is 0 Å². The van der Waals surface area contributed by atoms with Crippen molar-refractivity contribution in [1.82, 2.24) is 5.32 Å². The number of rotatable bonds is 8. The van der Waals surface area contributed by atoms with Gasteiger partial charge in [0.2, 0.25) is 0 Å². The van der Waals surface area contributed by atoms with Crippen molar-refractivity contribution in [1.29, 1.82) is 0 Å². The summed E-state index contributed by atoms with van der Waals surface area (Å²) >= 11 is 4.06. The third-order valence-corrected chi connectivity index (χ3v) is 6.29. The number of unbranched alkanes of at least 4 members (excludes halogenated alkanes) is 3. The minimum absolute atomic E-state index is 0.236. The molecule has 0 aliphatic carbocycles. The van der Waals surface area contributed by atoms with Gasteiger partial charge in [0.15, 0.2) is 0 Å². The van der Waals surface area contributed by atoms with E-state index in [4.69, 9.17) is 4.74 Å². The first-order valence-corrected chi connectivity index (χ1v) is 10.8. The topological polar surface area (TPSA) is 21.3 Å². The molecule has 2 rings (SSSR count). The van der Waals surface area contributed by atoms with Crippen LogP contribution in [-0.2, 0) is 4.74 Å². The first-order valence-electron chi connectivity index (χ1n) is 8.29. The highest BCUT2D eigenvalue weighted by molar-refractivity contribution is 7.99. The zero-order chi connectivity index (χ0) is 14.1. The van der Waals surface area contributed by atoms with E-state index < -0.39 is 0 Å². The summed E-state index contributed by atoms with van der Waals surface area (Å²) in [6.45, 7) is 2.17. The van der Waals surface area contributed by atoms with Gasteiger partial charge in [0.1, 0.15) is 0 Å². The summed E-state index contributed by atoms with van der Waals surface area (Å²) in [6, 6.07) is 0.707. The fourth-order valence-corrected chi connectivity index (χ4v) is 5.05. The van der Waals surface area contributed by atoms with E-state index in [0.29, 0.717) is 6.04 Å². The van der Waals surface area contributed by atoms with Gasteiger partial charge in [0.05, 0.1) is 5.60 Å². The van der Waals surface area contributed by atoms with Crippen LogP contribution in [0.1, 0.15) is 51.4 Å². The van der Waals surface area contributed by atoms with Gasteiger partial charge in [0.25, 0.3) is 0 Å². The maximum absolute atomic E-state index is 6.15. The van der Waals surface area contributed by atoms with Crippen molar-refractivity contribution in [2.45, 2.75) is 63.0 Å². The molecule has 2 heterocycles. The van der Waals surface area contributed by atoms with Gasteiger partial charge in [-0.2, -0.15) is 23.5 Å². The fraction of sp³-hybridized carbons (Fsp3) is 1.00. The van der Waals surface area contributed by atoms with Gasteiger partial charge < -0.3 is 10.1 Å². The van der Waals surface area contributed by atoms with Crippen LogP contribution in [0.3, 0.4) is 0 Å². The van der Waals surface area contributed by atoms with Gasteiger partial charge in [0, 0.05) is 12.6 Å². The van der Waals surface area contributed by atoms with Crippen molar-refractivity contribution >= 4 is 23.5 Å². The number of thioether (sulfide) groups is 2. The average molecular weight is 318 g/mol. The molecule has 0 bridgehead atoms. The van der Waals surface area contributed by atoms with E-state index in [0.717, 1.165) is 6.61 Å². The zero-order valence-corrected chi connectivity index (χ0v) is 14.6. The van der Waals surface area contributed by atoms with E-state index in [1.807, 2.05) is 11.8 Å². The van der Waals surface area contributed by atoms with Crippen LogP contribution in [0.5, 0.6) is 0 Å². The lowest BCUT2D eigenvalue weighted by atomic mass is 9.85. The fourth-order valence-electron chi connectivity index (χ4n) is 3.32. The highest BCUT2D eigenvalue weighted by Crippen LogP contribution is 2.37. The quantitative estimate of drug-likeness (QED) is 0.684. The maximum Gasteiger partial charge on any atom is 0.0713 e. The number of ether oxygens (including phenoxy) is 1. The lowest BCUT2D eigenvalue weighted by molar-refractivity contribution is -0.0930. The number of nitrogens with one attached hydrogen (secondary N) is 1. The number of hydrogen-bond acceptors (Lipinski definition) is 4. The van der Waals surface area contributed by atoms with Crippen molar-refractivity contribution in [3.63, 3.8) is 0 Å². The van der Waals surface area contributed by atoms with Crippen LogP contribution < -0.4 is 5.32 Å². The molecule has 2 aliphatic rings. The van der Waals surface area contributed by atoms with E-state index in [1.54, 1.807) is 0 Å².